The van der Waals surface area contributed by atoms with Gasteiger partial charge in [0.2, 0.25) is 0 Å². The summed E-state index contributed by atoms with van der Waals surface area (Å²) in [4.78, 5) is 5.79. The maximum atomic E-state index is 9.62. The summed E-state index contributed by atoms with van der Waals surface area (Å²) in [6.45, 7) is 12.0. The summed E-state index contributed by atoms with van der Waals surface area (Å²) in [5.41, 5.74) is 8.63. The van der Waals surface area contributed by atoms with E-state index in [9.17, 15) is 5.26 Å². The molecule has 194 valence electrons. The van der Waals surface area contributed by atoms with E-state index < -0.39 is 0 Å². The van der Waals surface area contributed by atoms with Gasteiger partial charge in [-0.05, 0) is 82.5 Å². The molecule has 4 aromatic carbocycles. The van der Waals surface area contributed by atoms with Crippen LogP contribution < -0.4 is 4.90 Å². The Labute approximate surface area is 237 Å². The summed E-state index contributed by atoms with van der Waals surface area (Å²) in [5.74, 6) is 0. The second-order valence-corrected chi connectivity index (χ2v) is 10.8. The highest BCUT2D eigenvalue weighted by molar-refractivity contribution is 5.86. The van der Waals surface area contributed by atoms with Crippen LogP contribution in [0.25, 0.3) is 22.6 Å². The minimum absolute atomic E-state index is 0.0641. The number of hydrogen-bond acceptors (Lipinski definition) is 2. The van der Waals surface area contributed by atoms with Crippen LogP contribution in [0.5, 0.6) is 0 Å². The Hall–Kier alpha value is -5.12. The van der Waals surface area contributed by atoms with Crippen LogP contribution in [-0.4, -0.2) is 0 Å². The number of para-hydroxylation sites is 2. The fourth-order valence-corrected chi connectivity index (χ4v) is 5.37. The molecule has 0 aliphatic heterocycles. The molecular weight excluding hydrogens is 486 g/mol. The number of anilines is 3. The lowest BCUT2D eigenvalue weighted by atomic mass is 9.72. The van der Waals surface area contributed by atoms with Gasteiger partial charge in [-0.2, -0.15) is 0 Å². The number of nitriles is 1. The first-order valence-electron chi connectivity index (χ1n) is 13.5. The number of benzene rings is 4. The van der Waals surface area contributed by atoms with Crippen molar-refractivity contribution in [3.63, 3.8) is 0 Å². The molecule has 0 unspecified atom stereocenters. The molecule has 1 aliphatic rings. The van der Waals surface area contributed by atoms with E-state index in [0.29, 0.717) is 6.42 Å². The molecular formula is C37H31N3. The fraction of sp³-hybridized carbons (Fsp3) is 0.135. The summed E-state index contributed by atoms with van der Waals surface area (Å²) in [6.07, 6.45) is 7.96. The molecule has 3 heteroatoms. The molecule has 0 heterocycles. The molecule has 40 heavy (non-hydrogen) atoms. The average Bonchev–Trinajstić information content (AvgIpc) is 2.98. The summed E-state index contributed by atoms with van der Waals surface area (Å²) in [6, 6.07) is 39.8. The molecule has 0 saturated carbocycles. The lowest BCUT2D eigenvalue weighted by molar-refractivity contribution is 0.369. The molecule has 4 aromatic rings. The first kappa shape index (κ1) is 26.5. The number of rotatable bonds is 6. The first-order valence-corrected chi connectivity index (χ1v) is 13.5. The topological polar surface area (TPSA) is 31.4 Å². The van der Waals surface area contributed by atoms with Gasteiger partial charge in [0.15, 0.2) is 0 Å². The zero-order chi connectivity index (χ0) is 28.0. The molecule has 5 rings (SSSR count). The van der Waals surface area contributed by atoms with E-state index in [1.807, 2.05) is 30.3 Å². The van der Waals surface area contributed by atoms with Crippen LogP contribution in [-0.2, 0) is 0 Å². The Balaban J connectivity index is 1.69. The van der Waals surface area contributed by atoms with Crippen molar-refractivity contribution in [2.24, 2.45) is 5.41 Å². The van der Waals surface area contributed by atoms with Gasteiger partial charge in [-0.1, -0.05) is 105 Å². The van der Waals surface area contributed by atoms with Crippen molar-refractivity contribution in [2.75, 3.05) is 4.90 Å². The van der Waals surface area contributed by atoms with Gasteiger partial charge >= 0.3 is 0 Å². The fourth-order valence-electron chi connectivity index (χ4n) is 5.37. The zero-order valence-electron chi connectivity index (χ0n) is 22.9. The van der Waals surface area contributed by atoms with Crippen LogP contribution in [0.2, 0.25) is 0 Å². The minimum Gasteiger partial charge on any atom is -0.310 e. The quantitative estimate of drug-likeness (QED) is 0.145. The highest BCUT2D eigenvalue weighted by Gasteiger charge is 2.28. The maximum Gasteiger partial charge on any atom is 0.265 e. The van der Waals surface area contributed by atoms with E-state index in [1.165, 1.54) is 0 Å². The van der Waals surface area contributed by atoms with Crippen molar-refractivity contribution in [1.82, 2.24) is 0 Å². The van der Waals surface area contributed by atoms with Crippen molar-refractivity contribution in [1.29, 1.82) is 5.26 Å². The summed E-state index contributed by atoms with van der Waals surface area (Å²) < 4.78 is 0. The second-order valence-electron chi connectivity index (χ2n) is 10.8. The smallest absolute Gasteiger partial charge is 0.265 e. The van der Waals surface area contributed by atoms with Gasteiger partial charge in [-0.15, -0.1) is 0 Å². The highest BCUT2D eigenvalue weighted by atomic mass is 15.1. The standard InChI is InChI=1S/C37H31N3/c1-37(2)25-30(23-31(26-37)36(27-38)39-3)35-22-21-34(24-29(35)20-19-28-13-7-4-8-14-28)40(32-15-9-5-10-16-32)33-17-11-6-12-18-33/h4-24H,25-26H2,1-2H3/b20-19+,36-31+. The predicted octanol–water partition coefficient (Wildman–Crippen LogP) is 10.2. The van der Waals surface area contributed by atoms with Gasteiger partial charge < -0.3 is 4.90 Å². The molecule has 0 bridgehead atoms. The van der Waals surface area contributed by atoms with Gasteiger partial charge in [0.05, 0.1) is 12.6 Å². The summed E-state index contributed by atoms with van der Waals surface area (Å²) >= 11 is 0. The van der Waals surface area contributed by atoms with Crippen LogP contribution in [0.3, 0.4) is 0 Å². The molecule has 3 nitrogen and oxygen atoms in total. The van der Waals surface area contributed by atoms with Crippen LogP contribution in [0.1, 0.15) is 43.4 Å². The molecule has 1 aliphatic carbocycles. The third-order valence-electron chi connectivity index (χ3n) is 7.13. The van der Waals surface area contributed by atoms with Crippen LogP contribution in [0.4, 0.5) is 17.1 Å². The van der Waals surface area contributed by atoms with Gasteiger partial charge in [-0.3, -0.25) is 0 Å². The molecule has 0 fully saturated rings. The third-order valence-corrected chi connectivity index (χ3v) is 7.13. The van der Waals surface area contributed by atoms with Crippen molar-refractivity contribution < 1.29 is 0 Å². The van der Waals surface area contributed by atoms with Crippen molar-refractivity contribution in [3.05, 3.63) is 155 Å². The minimum atomic E-state index is -0.0641. The van der Waals surface area contributed by atoms with Crippen LogP contribution >= 0.6 is 0 Å². The van der Waals surface area contributed by atoms with Gasteiger partial charge in [0.25, 0.3) is 5.70 Å². The molecule has 0 spiro atoms. The van der Waals surface area contributed by atoms with Crippen molar-refractivity contribution >= 4 is 34.8 Å². The molecule has 0 radical (unpaired) electrons. The van der Waals surface area contributed by atoms with Crippen LogP contribution in [0, 0.1) is 23.3 Å². The summed E-state index contributed by atoms with van der Waals surface area (Å²) in [5, 5.41) is 9.62. The van der Waals surface area contributed by atoms with Crippen molar-refractivity contribution in [2.45, 2.75) is 26.7 Å². The van der Waals surface area contributed by atoms with Crippen LogP contribution in [0.15, 0.2) is 127 Å². The van der Waals surface area contributed by atoms with E-state index >= 15 is 0 Å². The largest absolute Gasteiger partial charge is 0.310 e. The van der Waals surface area contributed by atoms with Gasteiger partial charge in [0.1, 0.15) is 0 Å². The average molecular weight is 518 g/mol. The Morgan fingerprint density at radius 3 is 1.98 bits per heavy atom. The highest BCUT2D eigenvalue weighted by Crippen LogP contribution is 2.45. The molecule has 0 N–H and O–H groups in total. The zero-order valence-corrected chi connectivity index (χ0v) is 22.9. The first-order chi connectivity index (χ1) is 19.5. The molecule has 0 amide bonds. The van der Waals surface area contributed by atoms with Gasteiger partial charge in [-0.25, -0.2) is 10.1 Å². The number of nitrogens with zero attached hydrogens (tertiary/aromatic N) is 3. The van der Waals surface area contributed by atoms with E-state index in [0.717, 1.165) is 51.3 Å². The lowest BCUT2D eigenvalue weighted by Gasteiger charge is -2.33. The second kappa shape index (κ2) is 11.7. The number of hydrogen-bond donors (Lipinski definition) is 0. The van der Waals surface area contributed by atoms with E-state index in [-0.39, 0.29) is 11.1 Å². The SMILES string of the molecule is [C-]#[N+]/C(C#N)=C1\C=C(c2ccc(N(c3ccccc3)c3ccccc3)cc2/C=C/c2ccccc2)CC(C)(C)C1. The Morgan fingerprint density at radius 2 is 1.40 bits per heavy atom. The molecule has 0 aromatic heterocycles. The predicted molar refractivity (Wildman–Crippen MR) is 167 cm³/mol. The Kier molecular flexibility index (Phi) is 7.77. The monoisotopic (exact) mass is 517 g/mol. The van der Waals surface area contributed by atoms with E-state index in [1.54, 1.807) is 0 Å². The van der Waals surface area contributed by atoms with Crippen molar-refractivity contribution in [3.8, 4) is 6.07 Å². The van der Waals surface area contributed by atoms with E-state index in [4.69, 9.17) is 6.57 Å². The normalized spacial score (nSPS) is 15.6. The van der Waals surface area contributed by atoms with Gasteiger partial charge in [0, 0.05) is 17.1 Å². The third kappa shape index (κ3) is 5.96. The summed E-state index contributed by atoms with van der Waals surface area (Å²) in [7, 11) is 0. The molecule has 0 saturated heterocycles. The van der Waals surface area contributed by atoms with E-state index in [2.05, 4.69) is 127 Å². The lowest BCUT2D eigenvalue weighted by Crippen LogP contribution is -2.18. The Bertz CT molecular complexity index is 1610. The maximum absolute atomic E-state index is 9.62. The molecule has 0 atom stereocenters. The Morgan fingerprint density at radius 1 is 0.800 bits per heavy atom. The number of allylic oxidation sites excluding steroid dienone is 4.